The first-order chi connectivity index (χ1) is 17.0. The molecule has 0 unspecified atom stereocenters. The molecule has 1 saturated heterocycles. The Kier molecular flexibility index (Phi) is 7.54. The number of ether oxygens (including phenoxy) is 1. The van der Waals surface area contributed by atoms with E-state index in [4.69, 9.17) is 4.74 Å². The fourth-order valence-corrected chi connectivity index (χ4v) is 3.96. The van der Waals surface area contributed by atoms with Gasteiger partial charge in [0.1, 0.15) is 18.1 Å². The van der Waals surface area contributed by atoms with Gasteiger partial charge in [0, 0.05) is 43.9 Å². The topological polar surface area (TPSA) is 78.9 Å². The predicted molar refractivity (Wildman–Crippen MR) is 131 cm³/mol. The second-order valence-electron chi connectivity index (χ2n) is 8.20. The zero-order chi connectivity index (χ0) is 24.8. The summed E-state index contributed by atoms with van der Waals surface area (Å²) in [4.78, 5) is 31.2. The van der Waals surface area contributed by atoms with Crippen LogP contribution < -0.4 is 9.64 Å². The molecule has 0 spiro atoms. The summed E-state index contributed by atoms with van der Waals surface area (Å²) in [6.45, 7) is 4.65. The molecule has 0 N–H and O–H groups in total. The van der Waals surface area contributed by atoms with Crippen LogP contribution in [0.25, 0.3) is 11.3 Å². The molecule has 2 amide bonds. The zero-order valence-corrected chi connectivity index (χ0v) is 19.9. The van der Waals surface area contributed by atoms with Gasteiger partial charge in [-0.05, 0) is 67.6 Å². The van der Waals surface area contributed by atoms with E-state index in [1.54, 1.807) is 53.3 Å². The number of piperazine rings is 1. The van der Waals surface area contributed by atoms with Gasteiger partial charge in [0.05, 0.1) is 12.8 Å². The van der Waals surface area contributed by atoms with Crippen LogP contribution in [0, 0.1) is 5.82 Å². The zero-order valence-electron chi connectivity index (χ0n) is 19.9. The second-order valence-corrected chi connectivity index (χ2v) is 8.20. The number of likely N-dealkylation sites (N-methyl/N-ethyl adjacent to an activating group) is 1. The summed E-state index contributed by atoms with van der Waals surface area (Å²) in [6, 6.07) is 16.7. The van der Waals surface area contributed by atoms with E-state index in [2.05, 4.69) is 15.1 Å². The number of benzene rings is 2. The maximum Gasteiger partial charge on any atom is 0.254 e. The lowest BCUT2D eigenvalue weighted by Crippen LogP contribution is -2.52. The number of hydrogen-bond donors (Lipinski definition) is 0. The quantitative estimate of drug-likeness (QED) is 0.520. The Morgan fingerprint density at radius 1 is 0.943 bits per heavy atom. The number of aromatic nitrogens is 2. The van der Waals surface area contributed by atoms with Gasteiger partial charge in [-0.15, -0.1) is 10.2 Å². The highest BCUT2D eigenvalue weighted by molar-refractivity contribution is 5.96. The van der Waals surface area contributed by atoms with Crippen molar-refractivity contribution in [3.8, 4) is 17.0 Å². The monoisotopic (exact) mass is 477 g/mol. The normalized spacial score (nSPS) is 13.5. The number of carbonyl (C=O) groups is 2. The summed E-state index contributed by atoms with van der Waals surface area (Å²) in [7, 11) is 1.57. The van der Waals surface area contributed by atoms with Gasteiger partial charge in [0.25, 0.3) is 5.91 Å². The third kappa shape index (κ3) is 5.74. The van der Waals surface area contributed by atoms with Crippen molar-refractivity contribution in [2.45, 2.75) is 6.92 Å². The lowest BCUT2D eigenvalue weighted by molar-refractivity contribution is -0.132. The van der Waals surface area contributed by atoms with Gasteiger partial charge < -0.3 is 19.4 Å². The van der Waals surface area contributed by atoms with Crippen molar-refractivity contribution in [3.63, 3.8) is 0 Å². The molecule has 1 fully saturated rings. The van der Waals surface area contributed by atoms with Crippen LogP contribution in [-0.4, -0.2) is 78.2 Å². The summed E-state index contributed by atoms with van der Waals surface area (Å²) in [5, 5.41) is 8.59. The van der Waals surface area contributed by atoms with Crippen molar-refractivity contribution >= 4 is 17.6 Å². The molecule has 4 rings (SSSR count). The first-order valence-corrected chi connectivity index (χ1v) is 11.5. The van der Waals surface area contributed by atoms with E-state index in [1.807, 2.05) is 19.1 Å². The van der Waals surface area contributed by atoms with Crippen LogP contribution in [0.2, 0.25) is 0 Å². The smallest absolute Gasteiger partial charge is 0.254 e. The van der Waals surface area contributed by atoms with Gasteiger partial charge >= 0.3 is 0 Å². The molecular weight excluding hydrogens is 449 g/mol. The number of amides is 2. The SMILES string of the molecule is CCN(CC(=O)N1CCN(c2ccc(-c3ccc(F)cc3)nn2)CC1)C(=O)c1ccc(OC)cc1. The molecule has 182 valence electrons. The van der Waals surface area contributed by atoms with E-state index in [1.165, 1.54) is 12.1 Å². The lowest BCUT2D eigenvalue weighted by Gasteiger charge is -2.36. The lowest BCUT2D eigenvalue weighted by atomic mass is 10.1. The number of rotatable bonds is 7. The van der Waals surface area contributed by atoms with E-state index in [0.717, 1.165) is 11.4 Å². The highest BCUT2D eigenvalue weighted by atomic mass is 19.1. The molecule has 8 nitrogen and oxygen atoms in total. The van der Waals surface area contributed by atoms with Gasteiger partial charge in [-0.25, -0.2) is 4.39 Å². The van der Waals surface area contributed by atoms with E-state index in [0.29, 0.717) is 49.7 Å². The van der Waals surface area contributed by atoms with Crippen LogP contribution in [0.3, 0.4) is 0 Å². The van der Waals surface area contributed by atoms with Crippen molar-refractivity contribution in [3.05, 3.63) is 72.0 Å². The van der Waals surface area contributed by atoms with Gasteiger partial charge in [0.15, 0.2) is 5.82 Å². The molecule has 0 radical (unpaired) electrons. The van der Waals surface area contributed by atoms with Gasteiger partial charge in [0.2, 0.25) is 5.91 Å². The maximum atomic E-state index is 13.1. The predicted octanol–water partition coefficient (Wildman–Crippen LogP) is 3.10. The van der Waals surface area contributed by atoms with Crippen molar-refractivity contribution in [2.24, 2.45) is 0 Å². The highest BCUT2D eigenvalue weighted by Crippen LogP contribution is 2.20. The molecule has 1 aliphatic rings. The number of halogens is 1. The molecule has 2 aromatic carbocycles. The molecule has 1 aromatic heterocycles. The molecule has 2 heterocycles. The summed E-state index contributed by atoms with van der Waals surface area (Å²) >= 11 is 0. The number of hydrogen-bond acceptors (Lipinski definition) is 6. The molecule has 0 atom stereocenters. The average molecular weight is 478 g/mol. The Bertz CT molecular complexity index is 1150. The molecular formula is C26H28FN5O3. The van der Waals surface area contributed by atoms with Gasteiger partial charge in [-0.1, -0.05) is 0 Å². The molecule has 0 bridgehead atoms. The summed E-state index contributed by atoms with van der Waals surface area (Å²) < 4.78 is 18.3. The summed E-state index contributed by atoms with van der Waals surface area (Å²) in [5.74, 6) is 0.851. The van der Waals surface area contributed by atoms with Crippen LogP contribution in [-0.2, 0) is 4.79 Å². The first-order valence-electron chi connectivity index (χ1n) is 11.5. The summed E-state index contributed by atoms with van der Waals surface area (Å²) in [6.07, 6.45) is 0. The maximum absolute atomic E-state index is 13.1. The second kappa shape index (κ2) is 10.9. The molecule has 9 heteroatoms. The van der Waals surface area contributed by atoms with Crippen LogP contribution in [0.1, 0.15) is 17.3 Å². The fraction of sp³-hybridized carbons (Fsp3) is 0.308. The minimum Gasteiger partial charge on any atom is -0.497 e. The molecule has 0 saturated carbocycles. The Morgan fingerprint density at radius 2 is 1.63 bits per heavy atom. The Labute approximate surface area is 203 Å². The minimum atomic E-state index is -0.294. The third-order valence-electron chi connectivity index (χ3n) is 6.08. The molecule has 3 aromatic rings. The van der Waals surface area contributed by atoms with Crippen LogP contribution in [0.15, 0.2) is 60.7 Å². The van der Waals surface area contributed by atoms with Gasteiger partial charge in [-0.2, -0.15) is 0 Å². The Balaban J connectivity index is 1.31. The van der Waals surface area contributed by atoms with Crippen LogP contribution in [0.5, 0.6) is 5.75 Å². The number of nitrogens with zero attached hydrogens (tertiary/aromatic N) is 5. The Morgan fingerprint density at radius 3 is 2.20 bits per heavy atom. The van der Waals surface area contributed by atoms with Crippen molar-refractivity contribution in [1.82, 2.24) is 20.0 Å². The van der Waals surface area contributed by atoms with E-state index in [9.17, 15) is 14.0 Å². The van der Waals surface area contributed by atoms with Gasteiger partial charge in [-0.3, -0.25) is 9.59 Å². The minimum absolute atomic E-state index is 0.0353. The van der Waals surface area contributed by atoms with Crippen LogP contribution >= 0.6 is 0 Å². The van der Waals surface area contributed by atoms with E-state index < -0.39 is 0 Å². The standard InChI is InChI=1S/C26H28FN5O3/c1-3-30(26(34)20-6-10-22(35-2)11-7-20)18-25(33)32-16-14-31(15-17-32)24-13-12-23(28-29-24)19-4-8-21(27)9-5-19/h4-13H,3,14-18H2,1-2H3. The first kappa shape index (κ1) is 24.1. The summed E-state index contributed by atoms with van der Waals surface area (Å²) in [5.41, 5.74) is 1.99. The highest BCUT2D eigenvalue weighted by Gasteiger charge is 2.25. The fourth-order valence-electron chi connectivity index (χ4n) is 3.96. The van der Waals surface area contributed by atoms with E-state index in [-0.39, 0.29) is 24.2 Å². The number of carbonyl (C=O) groups excluding carboxylic acids is 2. The number of anilines is 1. The van der Waals surface area contributed by atoms with Crippen molar-refractivity contribution in [2.75, 3.05) is 51.3 Å². The molecule has 35 heavy (non-hydrogen) atoms. The third-order valence-corrected chi connectivity index (χ3v) is 6.08. The van der Waals surface area contributed by atoms with Crippen LogP contribution in [0.4, 0.5) is 10.2 Å². The largest absolute Gasteiger partial charge is 0.497 e. The average Bonchev–Trinajstić information content (AvgIpc) is 2.92. The van der Waals surface area contributed by atoms with Crippen molar-refractivity contribution < 1.29 is 18.7 Å². The Hall–Kier alpha value is -4.01. The number of methoxy groups -OCH3 is 1. The molecule has 1 aliphatic heterocycles. The molecule has 0 aliphatic carbocycles. The van der Waals surface area contributed by atoms with Crippen molar-refractivity contribution in [1.29, 1.82) is 0 Å². The van der Waals surface area contributed by atoms with E-state index >= 15 is 0 Å².